The van der Waals surface area contributed by atoms with Crippen molar-refractivity contribution in [1.29, 1.82) is 0 Å². The van der Waals surface area contributed by atoms with Gasteiger partial charge in [0.05, 0.1) is 0 Å². The molecule has 0 heterocycles. The Morgan fingerprint density at radius 2 is 2.33 bits per heavy atom. The fourth-order valence-electron chi connectivity index (χ4n) is 1.40. The summed E-state index contributed by atoms with van der Waals surface area (Å²) >= 11 is 0. The molecule has 0 radical (unpaired) electrons. The molecule has 52 valence electrons. The van der Waals surface area contributed by atoms with E-state index >= 15 is 0 Å². The highest BCUT2D eigenvalue weighted by Gasteiger charge is 2.47. The van der Waals surface area contributed by atoms with Crippen LogP contribution in [0.5, 0.6) is 0 Å². The molecule has 0 spiro atoms. The predicted molar refractivity (Wildman–Crippen MR) is 33.9 cm³/mol. The van der Waals surface area contributed by atoms with Crippen molar-refractivity contribution in [2.24, 2.45) is 11.8 Å². The van der Waals surface area contributed by atoms with Gasteiger partial charge in [0, 0.05) is 5.92 Å². The van der Waals surface area contributed by atoms with E-state index in [1.807, 2.05) is 0 Å². The van der Waals surface area contributed by atoms with E-state index in [0.29, 0.717) is 18.3 Å². The molecule has 3 atom stereocenters. The topological polar surface area (TPSA) is 26.3 Å². The maximum Gasteiger partial charge on any atom is 0.293 e. The molecule has 1 fully saturated rings. The molecule has 0 amide bonds. The van der Waals surface area contributed by atoms with E-state index in [-0.39, 0.29) is 6.10 Å². The Bertz CT molecular complexity index is 111. The molecule has 3 unspecified atom stereocenters. The zero-order valence-corrected chi connectivity index (χ0v) is 5.83. The van der Waals surface area contributed by atoms with Crippen molar-refractivity contribution in [3.63, 3.8) is 0 Å². The van der Waals surface area contributed by atoms with E-state index in [0.717, 1.165) is 6.42 Å². The number of hydrogen-bond donors (Lipinski definition) is 0. The molecule has 2 heteroatoms. The SMILES string of the molecule is CCC1C(C)C1OC=O. The van der Waals surface area contributed by atoms with E-state index in [1.54, 1.807) is 0 Å². The van der Waals surface area contributed by atoms with Crippen LogP contribution in [0.1, 0.15) is 20.3 Å². The lowest BCUT2D eigenvalue weighted by molar-refractivity contribution is -0.130. The lowest BCUT2D eigenvalue weighted by Gasteiger charge is -1.90. The largest absolute Gasteiger partial charge is 0.464 e. The monoisotopic (exact) mass is 128 g/mol. The third kappa shape index (κ3) is 1.07. The first-order valence-corrected chi connectivity index (χ1v) is 3.40. The first-order chi connectivity index (χ1) is 4.31. The first-order valence-electron chi connectivity index (χ1n) is 3.40. The van der Waals surface area contributed by atoms with Gasteiger partial charge < -0.3 is 4.74 Å². The van der Waals surface area contributed by atoms with Crippen LogP contribution in [0.25, 0.3) is 0 Å². The standard InChI is InChI=1S/C7H12O2/c1-3-6-5(2)7(6)9-4-8/h4-7H,3H2,1-2H3. The maximum absolute atomic E-state index is 9.84. The predicted octanol–water partition coefficient (Wildman–Crippen LogP) is 1.20. The van der Waals surface area contributed by atoms with E-state index in [2.05, 4.69) is 13.8 Å². The minimum absolute atomic E-state index is 0.229. The Morgan fingerprint density at radius 1 is 1.67 bits per heavy atom. The summed E-state index contributed by atoms with van der Waals surface area (Å²) in [5.41, 5.74) is 0. The van der Waals surface area contributed by atoms with Gasteiger partial charge in [0.2, 0.25) is 0 Å². The van der Waals surface area contributed by atoms with Crippen molar-refractivity contribution in [2.75, 3.05) is 0 Å². The van der Waals surface area contributed by atoms with Gasteiger partial charge in [0.1, 0.15) is 6.10 Å². The highest BCUT2D eigenvalue weighted by atomic mass is 16.5. The maximum atomic E-state index is 9.84. The van der Waals surface area contributed by atoms with E-state index < -0.39 is 0 Å². The Morgan fingerprint density at radius 3 is 2.67 bits per heavy atom. The molecule has 0 saturated heterocycles. The van der Waals surface area contributed by atoms with E-state index in [1.165, 1.54) is 0 Å². The van der Waals surface area contributed by atoms with Crippen molar-refractivity contribution < 1.29 is 9.53 Å². The van der Waals surface area contributed by atoms with Gasteiger partial charge in [-0.15, -0.1) is 0 Å². The highest BCUT2D eigenvalue weighted by molar-refractivity contribution is 5.38. The molecule has 0 aromatic carbocycles. The molecule has 0 aliphatic heterocycles. The average Bonchev–Trinajstić information content (AvgIpc) is 2.44. The minimum atomic E-state index is 0.229. The van der Waals surface area contributed by atoms with Crippen LogP contribution in [0.4, 0.5) is 0 Å². The summed E-state index contributed by atoms with van der Waals surface area (Å²) in [4.78, 5) is 9.84. The molecule has 0 aromatic rings. The third-order valence-corrected chi connectivity index (χ3v) is 2.16. The zero-order valence-electron chi connectivity index (χ0n) is 5.83. The summed E-state index contributed by atoms with van der Waals surface area (Å²) in [7, 11) is 0. The number of hydrogen-bond acceptors (Lipinski definition) is 2. The molecular formula is C7H12O2. The van der Waals surface area contributed by atoms with Gasteiger partial charge in [-0.2, -0.15) is 0 Å². The van der Waals surface area contributed by atoms with Crippen molar-refractivity contribution >= 4 is 6.47 Å². The summed E-state index contributed by atoms with van der Waals surface area (Å²) in [5.74, 6) is 1.23. The second-order valence-corrected chi connectivity index (χ2v) is 2.63. The number of carbonyl (C=O) groups is 1. The second-order valence-electron chi connectivity index (χ2n) is 2.63. The quantitative estimate of drug-likeness (QED) is 0.534. The summed E-state index contributed by atoms with van der Waals surface area (Å²) in [6, 6.07) is 0. The van der Waals surface area contributed by atoms with Crippen molar-refractivity contribution in [1.82, 2.24) is 0 Å². The van der Waals surface area contributed by atoms with Gasteiger partial charge in [-0.3, -0.25) is 4.79 Å². The number of carbonyl (C=O) groups excluding carboxylic acids is 1. The fraction of sp³-hybridized carbons (Fsp3) is 0.857. The Kier molecular flexibility index (Phi) is 1.74. The van der Waals surface area contributed by atoms with Crippen molar-refractivity contribution in [3.8, 4) is 0 Å². The molecule has 9 heavy (non-hydrogen) atoms. The van der Waals surface area contributed by atoms with E-state index in [9.17, 15) is 4.79 Å². The van der Waals surface area contributed by atoms with Crippen LogP contribution in [0.3, 0.4) is 0 Å². The van der Waals surface area contributed by atoms with Gasteiger partial charge in [-0.1, -0.05) is 13.8 Å². The van der Waals surface area contributed by atoms with Crippen LogP contribution < -0.4 is 0 Å². The average molecular weight is 128 g/mol. The normalized spacial score (nSPS) is 40.0. The van der Waals surface area contributed by atoms with E-state index in [4.69, 9.17) is 4.74 Å². The van der Waals surface area contributed by atoms with Crippen LogP contribution in [0, 0.1) is 11.8 Å². The molecule has 1 aliphatic carbocycles. The summed E-state index contributed by atoms with van der Waals surface area (Å²) in [6.07, 6.45) is 1.35. The van der Waals surface area contributed by atoms with Crippen molar-refractivity contribution in [3.05, 3.63) is 0 Å². The first kappa shape index (κ1) is 6.59. The fourth-order valence-corrected chi connectivity index (χ4v) is 1.40. The number of ether oxygens (including phenoxy) is 1. The van der Waals surface area contributed by atoms with Crippen LogP contribution >= 0.6 is 0 Å². The molecule has 2 nitrogen and oxygen atoms in total. The molecule has 0 bridgehead atoms. The van der Waals surface area contributed by atoms with Gasteiger partial charge in [-0.25, -0.2) is 0 Å². The van der Waals surface area contributed by atoms with Gasteiger partial charge in [-0.05, 0) is 12.3 Å². The van der Waals surface area contributed by atoms with Gasteiger partial charge >= 0.3 is 0 Å². The molecule has 1 saturated carbocycles. The van der Waals surface area contributed by atoms with Crippen LogP contribution in [-0.4, -0.2) is 12.6 Å². The highest BCUT2D eigenvalue weighted by Crippen LogP contribution is 2.43. The van der Waals surface area contributed by atoms with Gasteiger partial charge in [0.15, 0.2) is 0 Å². The third-order valence-electron chi connectivity index (χ3n) is 2.16. The molecular weight excluding hydrogens is 116 g/mol. The molecule has 1 aliphatic rings. The van der Waals surface area contributed by atoms with Crippen LogP contribution in [-0.2, 0) is 9.53 Å². The molecule has 0 aromatic heterocycles. The Balaban J connectivity index is 2.24. The summed E-state index contributed by atoms with van der Waals surface area (Å²) in [5, 5.41) is 0. The summed E-state index contributed by atoms with van der Waals surface area (Å²) < 4.78 is 4.79. The van der Waals surface area contributed by atoms with Crippen LogP contribution in [0.15, 0.2) is 0 Å². The second kappa shape index (κ2) is 2.38. The van der Waals surface area contributed by atoms with Crippen LogP contribution in [0.2, 0.25) is 0 Å². The minimum Gasteiger partial charge on any atom is -0.464 e. The zero-order chi connectivity index (χ0) is 6.85. The van der Waals surface area contributed by atoms with Gasteiger partial charge in [0.25, 0.3) is 6.47 Å². The smallest absolute Gasteiger partial charge is 0.293 e. The van der Waals surface area contributed by atoms with Crippen molar-refractivity contribution in [2.45, 2.75) is 26.4 Å². The summed E-state index contributed by atoms with van der Waals surface area (Å²) in [6.45, 7) is 4.79. The molecule has 0 N–H and O–H groups in total. The molecule has 1 rings (SSSR count). The Hall–Kier alpha value is -0.530. The Labute approximate surface area is 55.2 Å². The number of rotatable bonds is 3. The lowest BCUT2D eigenvalue weighted by atomic mass is 10.3. The lowest BCUT2D eigenvalue weighted by Crippen LogP contribution is -1.93.